The summed E-state index contributed by atoms with van der Waals surface area (Å²) >= 11 is 5.87. The molecule has 0 N–H and O–H groups in total. The maximum absolute atomic E-state index is 5.94. The van der Waals surface area contributed by atoms with Crippen molar-refractivity contribution in [3.8, 4) is 5.75 Å². The summed E-state index contributed by atoms with van der Waals surface area (Å²) in [6, 6.07) is 6.19. The quantitative estimate of drug-likeness (QED) is 0.798. The smallest absolute Gasteiger partial charge is 0.130 e. The van der Waals surface area contributed by atoms with Gasteiger partial charge in [-0.25, -0.2) is 0 Å². The Balaban J connectivity index is 2.18. The summed E-state index contributed by atoms with van der Waals surface area (Å²) in [5.74, 6) is 1.47. The van der Waals surface area contributed by atoms with Crippen LogP contribution in [0, 0.1) is 20.8 Å². The summed E-state index contributed by atoms with van der Waals surface area (Å²) in [4.78, 5) is 0. The van der Waals surface area contributed by atoms with Gasteiger partial charge in [-0.05, 0) is 43.5 Å². The highest BCUT2D eigenvalue weighted by Crippen LogP contribution is 2.26. The molecule has 3 nitrogen and oxygen atoms in total. The largest absolute Gasteiger partial charge is 0.487 e. The fourth-order valence-electron chi connectivity index (χ4n) is 2.29. The standard InChI is InChI=1S/C15H19ClN2O/c1-10-5-13(8-16)6-11(2)15(10)19-9-14-7-12(3)17-18(14)4/h5-7H,8-9H2,1-4H3. The third-order valence-corrected chi connectivity index (χ3v) is 3.45. The zero-order valence-electron chi connectivity index (χ0n) is 11.8. The van der Waals surface area contributed by atoms with Crippen molar-refractivity contribution in [3.63, 3.8) is 0 Å². The summed E-state index contributed by atoms with van der Waals surface area (Å²) in [5, 5.41) is 4.31. The van der Waals surface area contributed by atoms with Crippen molar-refractivity contribution in [2.75, 3.05) is 0 Å². The average molecular weight is 279 g/mol. The highest BCUT2D eigenvalue weighted by Gasteiger charge is 2.08. The minimum atomic E-state index is 0.527. The van der Waals surface area contributed by atoms with E-state index in [0.717, 1.165) is 33.8 Å². The van der Waals surface area contributed by atoms with E-state index < -0.39 is 0 Å². The number of rotatable bonds is 4. The summed E-state index contributed by atoms with van der Waals surface area (Å²) < 4.78 is 7.80. The van der Waals surface area contributed by atoms with Crippen LogP contribution in [0.3, 0.4) is 0 Å². The van der Waals surface area contributed by atoms with E-state index >= 15 is 0 Å². The van der Waals surface area contributed by atoms with Crippen LogP contribution in [0.2, 0.25) is 0 Å². The van der Waals surface area contributed by atoms with Crippen molar-refractivity contribution in [1.29, 1.82) is 0 Å². The van der Waals surface area contributed by atoms with Crippen LogP contribution in [0.1, 0.15) is 28.1 Å². The molecule has 0 unspecified atom stereocenters. The second kappa shape index (κ2) is 5.66. The lowest BCUT2D eigenvalue weighted by atomic mass is 10.1. The van der Waals surface area contributed by atoms with E-state index in [9.17, 15) is 0 Å². The lowest BCUT2D eigenvalue weighted by Gasteiger charge is -2.13. The molecule has 1 aromatic carbocycles. The van der Waals surface area contributed by atoms with Crippen molar-refractivity contribution in [1.82, 2.24) is 9.78 Å². The molecule has 0 saturated heterocycles. The first kappa shape index (κ1) is 13.9. The molecule has 0 saturated carbocycles. The van der Waals surface area contributed by atoms with Gasteiger partial charge in [0, 0.05) is 12.9 Å². The Labute approximate surface area is 119 Å². The highest BCUT2D eigenvalue weighted by atomic mass is 35.5. The SMILES string of the molecule is Cc1cc(COc2c(C)cc(CCl)cc2C)n(C)n1. The maximum Gasteiger partial charge on any atom is 0.130 e. The average Bonchev–Trinajstić information content (AvgIpc) is 2.66. The molecule has 4 heteroatoms. The summed E-state index contributed by atoms with van der Waals surface area (Å²) in [6.07, 6.45) is 0. The van der Waals surface area contributed by atoms with Gasteiger partial charge in [-0.3, -0.25) is 4.68 Å². The fraction of sp³-hybridized carbons (Fsp3) is 0.400. The van der Waals surface area contributed by atoms with E-state index in [1.807, 2.05) is 38.6 Å². The molecule has 0 aliphatic rings. The van der Waals surface area contributed by atoms with Crippen LogP contribution < -0.4 is 4.74 Å². The molecule has 2 rings (SSSR count). The number of nitrogens with zero attached hydrogens (tertiary/aromatic N) is 2. The number of aromatic nitrogens is 2. The van der Waals surface area contributed by atoms with Gasteiger partial charge in [-0.1, -0.05) is 12.1 Å². The van der Waals surface area contributed by atoms with Crippen LogP contribution in [0.15, 0.2) is 18.2 Å². The van der Waals surface area contributed by atoms with Gasteiger partial charge in [0.15, 0.2) is 0 Å². The van der Waals surface area contributed by atoms with Crippen LogP contribution in [-0.2, 0) is 19.5 Å². The highest BCUT2D eigenvalue weighted by molar-refractivity contribution is 6.17. The predicted molar refractivity (Wildman–Crippen MR) is 77.8 cm³/mol. The normalized spacial score (nSPS) is 10.8. The van der Waals surface area contributed by atoms with Crippen molar-refractivity contribution in [3.05, 3.63) is 46.3 Å². The predicted octanol–water partition coefficient (Wildman–Crippen LogP) is 3.66. The lowest BCUT2D eigenvalue weighted by Crippen LogP contribution is -2.05. The first-order valence-corrected chi connectivity index (χ1v) is 6.83. The van der Waals surface area contributed by atoms with E-state index in [1.165, 1.54) is 0 Å². The molecular formula is C15H19ClN2O. The van der Waals surface area contributed by atoms with E-state index in [1.54, 1.807) is 0 Å². The molecule has 0 aliphatic carbocycles. The Hall–Kier alpha value is -1.48. The minimum absolute atomic E-state index is 0.527. The van der Waals surface area contributed by atoms with Gasteiger partial charge < -0.3 is 4.74 Å². The van der Waals surface area contributed by atoms with Crippen molar-refractivity contribution in [2.45, 2.75) is 33.3 Å². The summed E-state index contributed by atoms with van der Waals surface area (Å²) in [5.41, 5.74) is 5.44. The third-order valence-electron chi connectivity index (χ3n) is 3.14. The molecule has 0 amide bonds. The fourth-order valence-corrected chi connectivity index (χ4v) is 2.44. The topological polar surface area (TPSA) is 27.1 Å². The number of benzene rings is 1. The van der Waals surface area contributed by atoms with Crippen molar-refractivity contribution in [2.24, 2.45) is 7.05 Å². The zero-order valence-corrected chi connectivity index (χ0v) is 12.6. The molecule has 0 radical (unpaired) electrons. The second-order valence-corrected chi connectivity index (χ2v) is 5.15. The minimum Gasteiger partial charge on any atom is -0.487 e. The van der Waals surface area contributed by atoms with Crippen LogP contribution in [0.25, 0.3) is 0 Å². The van der Waals surface area contributed by atoms with Crippen LogP contribution >= 0.6 is 11.6 Å². The number of aryl methyl sites for hydroxylation is 4. The maximum atomic E-state index is 5.94. The summed E-state index contributed by atoms with van der Waals surface area (Å²) in [6.45, 7) is 6.61. The van der Waals surface area contributed by atoms with Gasteiger partial charge in [0.25, 0.3) is 0 Å². The molecule has 2 aromatic rings. The molecule has 19 heavy (non-hydrogen) atoms. The molecular weight excluding hydrogens is 260 g/mol. The van der Waals surface area contributed by atoms with Crippen molar-refractivity contribution < 1.29 is 4.74 Å². The Kier molecular flexibility index (Phi) is 4.15. The molecule has 1 aromatic heterocycles. The first-order valence-electron chi connectivity index (χ1n) is 6.29. The van der Waals surface area contributed by atoms with Crippen LogP contribution in [0.4, 0.5) is 0 Å². The second-order valence-electron chi connectivity index (χ2n) is 4.88. The summed E-state index contributed by atoms with van der Waals surface area (Å²) in [7, 11) is 1.93. The number of hydrogen-bond donors (Lipinski definition) is 0. The Morgan fingerprint density at radius 3 is 2.26 bits per heavy atom. The first-order chi connectivity index (χ1) is 9.01. The molecule has 1 heterocycles. The molecule has 0 aliphatic heterocycles. The molecule has 0 fully saturated rings. The third kappa shape index (κ3) is 3.10. The van der Waals surface area contributed by atoms with E-state index in [-0.39, 0.29) is 0 Å². The monoisotopic (exact) mass is 278 g/mol. The molecule has 0 spiro atoms. The molecule has 102 valence electrons. The number of halogens is 1. The Bertz CT molecular complexity index is 567. The van der Waals surface area contributed by atoms with Crippen LogP contribution in [0.5, 0.6) is 5.75 Å². The Morgan fingerprint density at radius 1 is 1.16 bits per heavy atom. The Morgan fingerprint density at radius 2 is 1.79 bits per heavy atom. The van der Waals surface area contributed by atoms with Crippen LogP contribution in [-0.4, -0.2) is 9.78 Å². The zero-order chi connectivity index (χ0) is 14.0. The van der Waals surface area contributed by atoms with Gasteiger partial charge >= 0.3 is 0 Å². The van der Waals surface area contributed by atoms with Gasteiger partial charge in [0.2, 0.25) is 0 Å². The lowest BCUT2D eigenvalue weighted by molar-refractivity contribution is 0.291. The molecule has 0 bridgehead atoms. The van der Waals surface area contributed by atoms with Crippen molar-refractivity contribution >= 4 is 11.6 Å². The number of alkyl halides is 1. The van der Waals surface area contributed by atoms with Gasteiger partial charge in [-0.2, -0.15) is 5.10 Å². The van der Waals surface area contributed by atoms with Gasteiger partial charge in [-0.15, -0.1) is 11.6 Å². The number of ether oxygens (including phenoxy) is 1. The van der Waals surface area contributed by atoms with Gasteiger partial charge in [0.1, 0.15) is 12.4 Å². The van der Waals surface area contributed by atoms with E-state index in [2.05, 4.69) is 17.2 Å². The van der Waals surface area contributed by atoms with Gasteiger partial charge in [0.05, 0.1) is 11.4 Å². The molecule has 0 atom stereocenters. The van der Waals surface area contributed by atoms with E-state index in [4.69, 9.17) is 16.3 Å². The van der Waals surface area contributed by atoms with E-state index in [0.29, 0.717) is 12.5 Å². The number of hydrogen-bond acceptors (Lipinski definition) is 2.